The highest BCUT2D eigenvalue weighted by Gasteiger charge is 2.21. The first kappa shape index (κ1) is 11.1. The van der Waals surface area contributed by atoms with Crippen molar-refractivity contribution in [3.05, 3.63) is 54.0 Å². The van der Waals surface area contributed by atoms with Crippen molar-refractivity contribution in [2.75, 3.05) is 58.1 Å². The van der Waals surface area contributed by atoms with Crippen molar-refractivity contribution in [1.29, 1.82) is 0 Å². The molecule has 0 aromatic heterocycles. The van der Waals surface area contributed by atoms with Crippen molar-refractivity contribution in [2.24, 2.45) is 0 Å². The number of aliphatic hydroxyl groups is 1. The van der Waals surface area contributed by atoms with E-state index in [9.17, 15) is 9.90 Å². The maximum Gasteiger partial charge on any atom is 0.238 e. The SMILES string of the molecule is [2H]c1c([2H])c([2H])c(NC(=O)CN2CCN(C([2H])([2H])C([2H])(O)C([2H])([2H])Oc3ccccc3OC([2H])([2H])[2H])CC2)c(C)c1[2H]. The van der Waals surface area contributed by atoms with Crippen LogP contribution in [0.3, 0.4) is 0 Å². The number of β-amino-alcohol motifs (C(OH)–C–C–N with tert-alkyl or cyclic N) is 1. The number of carbonyl (C=O) groups is 1. The number of anilines is 1. The number of hydrogen-bond acceptors (Lipinski definition) is 6. The summed E-state index contributed by atoms with van der Waals surface area (Å²) in [6.07, 6.45) is -3.53. The van der Waals surface area contributed by atoms with E-state index in [1.807, 2.05) is 0 Å². The van der Waals surface area contributed by atoms with Crippen LogP contribution in [0.2, 0.25) is 0 Å². The molecule has 0 aliphatic carbocycles. The molecular weight excluding hydrogens is 382 g/mol. The molecule has 1 amide bonds. The number of ether oxygens (including phenoxy) is 2. The third-order valence-electron chi connectivity index (χ3n) is 4.36. The Morgan fingerprint density at radius 2 is 1.97 bits per heavy atom. The van der Waals surface area contributed by atoms with Crippen molar-refractivity contribution >= 4 is 11.6 Å². The number of nitrogens with zero attached hydrogens (tertiary/aromatic N) is 2. The minimum absolute atomic E-state index is 0.0479. The molecule has 2 aromatic rings. The van der Waals surface area contributed by atoms with Gasteiger partial charge in [0.25, 0.3) is 0 Å². The van der Waals surface area contributed by atoms with Gasteiger partial charge in [0.15, 0.2) is 11.5 Å². The van der Waals surface area contributed by atoms with E-state index in [1.165, 1.54) is 25.1 Å². The average molecular weight is 426 g/mol. The van der Waals surface area contributed by atoms with Crippen LogP contribution in [0.15, 0.2) is 48.4 Å². The Hall–Kier alpha value is -2.61. The molecule has 0 spiro atoms. The lowest BCUT2D eigenvalue weighted by molar-refractivity contribution is -0.117. The Balaban J connectivity index is 1.67. The lowest BCUT2D eigenvalue weighted by Crippen LogP contribution is -2.50. The zero-order chi connectivity index (χ0) is 31.8. The average Bonchev–Trinajstić information content (AvgIpc) is 2.89. The molecule has 1 aliphatic rings. The van der Waals surface area contributed by atoms with E-state index >= 15 is 0 Å². The van der Waals surface area contributed by atoms with Crippen LogP contribution in [-0.2, 0) is 4.79 Å². The van der Waals surface area contributed by atoms with Crippen LogP contribution in [0.4, 0.5) is 5.69 Å². The van der Waals surface area contributed by atoms with Gasteiger partial charge in [-0.1, -0.05) is 30.3 Å². The summed E-state index contributed by atoms with van der Waals surface area (Å²) >= 11 is 0. The number of methoxy groups -OCH3 is 1. The quantitative estimate of drug-likeness (QED) is 0.640. The number of amides is 1. The molecule has 1 atom stereocenters. The lowest BCUT2D eigenvalue weighted by atomic mass is 10.2. The standard InChI is InChI=1S/C23H31N3O4/c1-18-7-3-4-8-20(18)24-23(28)16-26-13-11-25(12-14-26)15-19(27)17-30-22-10-6-5-9-21(22)29-2/h3-10,19,27H,11-17H2,1-2H3,(H,24,28)/i2D3,3D,4D,7D,8D,15D2,17D2,19D. The van der Waals surface area contributed by atoms with Gasteiger partial charge in [-0.3, -0.25) is 14.6 Å². The zero-order valence-electron chi connectivity index (χ0n) is 28.4. The zero-order valence-corrected chi connectivity index (χ0v) is 16.4. The molecule has 1 unspecified atom stereocenters. The Bertz CT molecular complexity index is 1290. The van der Waals surface area contributed by atoms with Crippen molar-refractivity contribution in [3.8, 4) is 11.5 Å². The first-order chi connectivity index (χ1) is 19.2. The van der Waals surface area contributed by atoms with Crippen LogP contribution in [0.25, 0.3) is 0 Å². The summed E-state index contributed by atoms with van der Waals surface area (Å²) in [6.45, 7) is -5.25. The van der Waals surface area contributed by atoms with Crippen LogP contribution >= 0.6 is 0 Å². The molecule has 7 heteroatoms. The fourth-order valence-electron chi connectivity index (χ4n) is 2.79. The van der Waals surface area contributed by atoms with E-state index in [-0.39, 0.29) is 50.0 Å². The van der Waals surface area contributed by atoms with E-state index in [0.717, 1.165) is 11.0 Å². The first-order valence-corrected chi connectivity index (χ1v) is 9.23. The Morgan fingerprint density at radius 3 is 2.73 bits per heavy atom. The molecule has 1 aliphatic heterocycles. The smallest absolute Gasteiger partial charge is 0.238 e. The third-order valence-corrected chi connectivity index (χ3v) is 4.36. The van der Waals surface area contributed by atoms with E-state index in [0.29, 0.717) is 0 Å². The Labute approximate surface area is 195 Å². The summed E-state index contributed by atoms with van der Waals surface area (Å²) in [5.74, 6) is -1.43. The minimum Gasteiger partial charge on any atom is -0.493 e. The van der Waals surface area contributed by atoms with Gasteiger partial charge in [-0.2, -0.15) is 0 Å². The first-order valence-electron chi connectivity index (χ1n) is 15.2. The summed E-state index contributed by atoms with van der Waals surface area (Å²) in [4.78, 5) is 15.3. The van der Waals surface area contributed by atoms with Crippen molar-refractivity contribution < 1.29 is 35.8 Å². The second kappa shape index (κ2) is 11.0. The number of carbonyl (C=O) groups excluding carboxylic acids is 1. The van der Waals surface area contributed by atoms with Crippen molar-refractivity contribution in [2.45, 2.75) is 13.0 Å². The molecule has 1 fully saturated rings. The fraction of sp³-hybridized carbons (Fsp3) is 0.435. The van der Waals surface area contributed by atoms with Crippen molar-refractivity contribution in [3.63, 3.8) is 0 Å². The van der Waals surface area contributed by atoms with Crippen LogP contribution in [0.5, 0.6) is 11.5 Å². The van der Waals surface area contributed by atoms with E-state index in [4.69, 9.17) is 25.9 Å². The summed E-state index contributed by atoms with van der Waals surface area (Å²) in [5, 5.41) is 13.4. The third kappa shape index (κ3) is 6.45. The number of hydrogen-bond donors (Lipinski definition) is 2. The monoisotopic (exact) mass is 425 g/mol. The van der Waals surface area contributed by atoms with Crippen LogP contribution in [0, 0.1) is 6.92 Å². The maximum atomic E-state index is 12.7. The topological polar surface area (TPSA) is 74.3 Å². The number of benzene rings is 2. The minimum atomic E-state index is -3.53. The number of nitrogens with one attached hydrogen (secondary N) is 1. The molecule has 2 N–H and O–H groups in total. The second-order valence-electron chi connectivity index (χ2n) is 6.52. The predicted molar refractivity (Wildman–Crippen MR) is 117 cm³/mol. The normalized spacial score (nSPS) is 24.3. The molecule has 7 nitrogen and oxygen atoms in total. The molecule has 0 bridgehead atoms. The van der Waals surface area contributed by atoms with Gasteiger partial charge < -0.3 is 19.9 Å². The lowest BCUT2D eigenvalue weighted by Gasteiger charge is -2.35. The predicted octanol–water partition coefficient (Wildman–Crippen LogP) is 2.00. The van der Waals surface area contributed by atoms with Gasteiger partial charge in [0.2, 0.25) is 5.91 Å². The molecule has 0 radical (unpaired) electrons. The van der Waals surface area contributed by atoms with Gasteiger partial charge in [-0.25, -0.2) is 0 Å². The molecule has 2 aromatic carbocycles. The van der Waals surface area contributed by atoms with Gasteiger partial charge in [0.05, 0.1) is 27.3 Å². The molecule has 3 rings (SSSR count). The number of piperazine rings is 1. The van der Waals surface area contributed by atoms with Crippen LogP contribution in [-0.4, -0.2) is 79.7 Å². The number of para-hydroxylation sites is 3. The van der Waals surface area contributed by atoms with E-state index < -0.39 is 61.7 Å². The number of rotatable bonds is 9. The highest BCUT2D eigenvalue weighted by atomic mass is 16.5. The van der Waals surface area contributed by atoms with Gasteiger partial charge in [0.1, 0.15) is 12.6 Å². The van der Waals surface area contributed by atoms with Crippen LogP contribution in [0.1, 0.15) is 22.0 Å². The van der Waals surface area contributed by atoms with Crippen molar-refractivity contribution in [1.82, 2.24) is 9.80 Å². The molecule has 162 valence electrons. The van der Waals surface area contributed by atoms with Gasteiger partial charge in [-0.05, 0) is 30.7 Å². The summed E-state index contributed by atoms with van der Waals surface area (Å²) in [7, 11) is -2.90. The Morgan fingerprint density at radius 1 is 1.27 bits per heavy atom. The summed E-state index contributed by atoms with van der Waals surface area (Å²) < 4.78 is 105. The molecule has 0 saturated carbocycles. The highest BCUT2D eigenvalue weighted by molar-refractivity contribution is 5.92. The fourth-order valence-corrected chi connectivity index (χ4v) is 2.79. The second-order valence-corrected chi connectivity index (χ2v) is 6.52. The van der Waals surface area contributed by atoms with E-state index in [1.54, 1.807) is 4.90 Å². The van der Waals surface area contributed by atoms with Gasteiger partial charge in [0, 0.05) is 41.1 Å². The maximum absolute atomic E-state index is 12.7. The molecule has 1 saturated heterocycles. The van der Waals surface area contributed by atoms with Crippen LogP contribution < -0.4 is 14.8 Å². The summed E-state index contributed by atoms with van der Waals surface area (Å²) in [6, 6.07) is 3.53. The van der Waals surface area contributed by atoms with E-state index in [2.05, 4.69) is 5.32 Å². The molecule has 30 heavy (non-hydrogen) atoms. The Kier molecular flexibility index (Phi) is 4.07. The highest BCUT2D eigenvalue weighted by Crippen LogP contribution is 2.25. The van der Waals surface area contributed by atoms with Gasteiger partial charge in [-0.15, -0.1) is 0 Å². The molecule has 1 heterocycles. The summed E-state index contributed by atoms with van der Waals surface area (Å²) in [5.41, 5.74) is 0.125. The van der Waals surface area contributed by atoms with Gasteiger partial charge >= 0.3 is 0 Å². The largest absolute Gasteiger partial charge is 0.493 e. The molecular formula is C23H31N3O4.